The van der Waals surface area contributed by atoms with Gasteiger partial charge in [-0.25, -0.2) is 0 Å². The Morgan fingerprint density at radius 2 is 2.25 bits per heavy atom. The van der Waals surface area contributed by atoms with E-state index in [9.17, 15) is 13.6 Å². The Morgan fingerprint density at radius 1 is 1.50 bits per heavy atom. The average Bonchev–Trinajstić information content (AvgIpc) is 2.90. The molecule has 7 heteroatoms. The van der Waals surface area contributed by atoms with Crippen LogP contribution < -0.4 is 10.1 Å². The quantitative estimate of drug-likeness (QED) is 0.927. The first-order chi connectivity index (χ1) is 9.08. The van der Waals surface area contributed by atoms with Gasteiger partial charge in [0.05, 0.1) is 0 Å². The number of rotatable bonds is 4. The maximum absolute atomic E-state index is 12.2. The van der Waals surface area contributed by atoms with E-state index >= 15 is 0 Å². The van der Waals surface area contributed by atoms with Crippen molar-refractivity contribution in [2.24, 2.45) is 0 Å². The molecular weight excluding hydrogens is 290 g/mol. The molecule has 0 aromatic heterocycles. The van der Waals surface area contributed by atoms with Gasteiger partial charge in [-0.1, -0.05) is 6.07 Å². The molecule has 1 saturated heterocycles. The van der Waals surface area contributed by atoms with Gasteiger partial charge >= 0.3 is 6.61 Å². The molecule has 112 valence electrons. The van der Waals surface area contributed by atoms with E-state index in [-0.39, 0.29) is 30.1 Å². The van der Waals surface area contributed by atoms with Gasteiger partial charge in [0.15, 0.2) is 0 Å². The number of benzene rings is 1. The Morgan fingerprint density at radius 3 is 2.85 bits per heavy atom. The summed E-state index contributed by atoms with van der Waals surface area (Å²) in [5.41, 5.74) is 0.354. The molecule has 1 aliphatic rings. The minimum Gasteiger partial charge on any atom is -0.435 e. The summed E-state index contributed by atoms with van der Waals surface area (Å²) in [6.45, 7) is -1.24. The van der Waals surface area contributed by atoms with E-state index < -0.39 is 6.61 Å². The molecule has 1 atom stereocenters. The summed E-state index contributed by atoms with van der Waals surface area (Å²) in [5.74, 6) is -0.188. The molecule has 20 heavy (non-hydrogen) atoms. The number of hydrogen-bond acceptors (Lipinski definition) is 3. The summed E-state index contributed by atoms with van der Waals surface area (Å²) >= 11 is 0. The number of nitrogens with one attached hydrogen (secondary N) is 1. The topological polar surface area (TPSA) is 41.6 Å². The highest BCUT2D eigenvalue weighted by atomic mass is 35.5. The summed E-state index contributed by atoms with van der Waals surface area (Å²) in [7, 11) is 1.72. The molecule has 0 spiro atoms. The molecule has 0 aliphatic carbocycles. The maximum Gasteiger partial charge on any atom is 0.387 e. The number of alkyl halides is 2. The van der Waals surface area contributed by atoms with Crippen molar-refractivity contribution in [3.05, 3.63) is 29.8 Å². The second-order valence-electron chi connectivity index (χ2n) is 4.47. The molecule has 1 aromatic carbocycles. The Hall–Kier alpha value is -1.40. The van der Waals surface area contributed by atoms with Gasteiger partial charge in [-0.15, -0.1) is 12.4 Å². The molecule has 1 aromatic rings. The summed E-state index contributed by atoms with van der Waals surface area (Å²) in [6, 6.07) is 6.02. The van der Waals surface area contributed by atoms with Crippen molar-refractivity contribution in [1.29, 1.82) is 0 Å². The zero-order valence-electron chi connectivity index (χ0n) is 11.0. The van der Waals surface area contributed by atoms with Gasteiger partial charge in [0.25, 0.3) is 5.91 Å². The highest BCUT2D eigenvalue weighted by Crippen LogP contribution is 2.18. The zero-order chi connectivity index (χ0) is 13.8. The lowest BCUT2D eigenvalue weighted by atomic mass is 10.1. The third-order valence-electron chi connectivity index (χ3n) is 3.21. The molecule has 0 bridgehead atoms. The minimum atomic E-state index is -2.89. The van der Waals surface area contributed by atoms with E-state index in [4.69, 9.17) is 0 Å². The Bertz CT molecular complexity index is 454. The highest BCUT2D eigenvalue weighted by molar-refractivity contribution is 5.94. The maximum atomic E-state index is 12.2. The number of amides is 1. The molecule has 0 saturated carbocycles. The molecule has 2 rings (SSSR count). The number of carbonyl (C=O) groups excluding carboxylic acids is 1. The zero-order valence-corrected chi connectivity index (χ0v) is 11.8. The standard InChI is InChI=1S/C13H16F2N2O2.ClH/c1-17(10-5-6-16-8-10)12(18)9-3-2-4-11(7-9)19-13(14)15;/h2-4,7,10,13,16H,5-6,8H2,1H3;1H/t10-;/m1./s1. The van der Waals surface area contributed by atoms with E-state index in [0.717, 1.165) is 19.5 Å². The molecule has 0 radical (unpaired) electrons. The lowest BCUT2D eigenvalue weighted by molar-refractivity contribution is -0.0499. The fourth-order valence-corrected chi connectivity index (χ4v) is 2.14. The molecule has 1 N–H and O–H groups in total. The molecule has 1 fully saturated rings. The van der Waals surface area contributed by atoms with E-state index in [0.29, 0.717) is 5.56 Å². The van der Waals surface area contributed by atoms with Crippen molar-refractivity contribution in [2.75, 3.05) is 20.1 Å². The Labute approximate surface area is 122 Å². The normalized spacial score (nSPS) is 17.7. The van der Waals surface area contributed by atoms with Crippen LogP contribution in [0.25, 0.3) is 0 Å². The number of likely N-dealkylation sites (N-methyl/N-ethyl adjacent to an activating group) is 1. The van der Waals surface area contributed by atoms with Crippen molar-refractivity contribution in [1.82, 2.24) is 10.2 Å². The Balaban J connectivity index is 0.00000200. The van der Waals surface area contributed by atoms with E-state index in [1.54, 1.807) is 18.0 Å². The number of ether oxygens (including phenoxy) is 1. The van der Waals surface area contributed by atoms with Gasteiger partial charge in [0.1, 0.15) is 5.75 Å². The smallest absolute Gasteiger partial charge is 0.387 e. The van der Waals surface area contributed by atoms with Crippen LogP contribution in [0.2, 0.25) is 0 Å². The van der Waals surface area contributed by atoms with Crippen LogP contribution in [-0.2, 0) is 0 Å². The Kier molecular flexibility index (Phi) is 6.16. The number of halogens is 3. The fourth-order valence-electron chi connectivity index (χ4n) is 2.14. The van der Waals surface area contributed by atoms with Gasteiger partial charge in [-0.2, -0.15) is 8.78 Å². The van der Waals surface area contributed by atoms with Crippen molar-refractivity contribution >= 4 is 18.3 Å². The summed E-state index contributed by atoms with van der Waals surface area (Å²) in [5, 5.41) is 3.18. The van der Waals surface area contributed by atoms with Crippen LogP contribution in [0.5, 0.6) is 5.75 Å². The van der Waals surface area contributed by atoms with Gasteiger partial charge in [-0.3, -0.25) is 4.79 Å². The third kappa shape index (κ3) is 4.05. The summed E-state index contributed by atoms with van der Waals surface area (Å²) in [6.07, 6.45) is 0.898. The van der Waals surface area contributed by atoms with Crippen LogP contribution in [0, 0.1) is 0 Å². The van der Waals surface area contributed by atoms with Crippen molar-refractivity contribution in [2.45, 2.75) is 19.1 Å². The van der Waals surface area contributed by atoms with Gasteiger partial charge in [0.2, 0.25) is 0 Å². The van der Waals surface area contributed by atoms with Crippen LogP contribution in [0.4, 0.5) is 8.78 Å². The number of nitrogens with zero attached hydrogens (tertiary/aromatic N) is 1. The molecule has 1 amide bonds. The highest BCUT2D eigenvalue weighted by Gasteiger charge is 2.24. The van der Waals surface area contributed by atoms with E-state index in [1.807, 2.05) is 0 Å². The van der Waals surface area contributed by atoms with E-state index in [1.165, 1.54) is 18.2 Å². The van der Waals surface area contributed by atoms with Gasteiger partial charge < -0.3 is 15.0 Å². The monoisotopic (exact) mass is 306 g/mol. The second kappa shape index (κ2) is 7.40. The number of carbonyl (C=O) groups is 1. The fraction of sp³-hybridized carbons (Fsp3) is 0.462. The van der Waals surface area contributed by atoms with Crippen LogP contribution in [0.3, 0.4) is 0 Å². The largest absolute Gasteiger partial charge is 0.435 e. The number of hydrogen-bond donors (Lipinski definition) is 1. The van der Waals surface area contributed by atoms with Crippen LogP contribution >= 0.6 is 12.4 Å². The lowest BCUT2D eigenvalue weighted by Crippen LogP contribution is -2.38. The predicted molar refractivity (Wildman–Crippen MR) is 73.7 cm³/mol. The summed E-state index contributed by atoms with van der Waals surface area (Å²) in [4.78, 5) is 13.9. The van der Waals surface area contributed by atoms with Crippen molar-refractivity contribution in [3.63, 3.8) is 0 Å². The van der Waals surface area contributed by atoms with Crippen LogP contribution in [0.15, 0.2) is 24.3 Å². The van der Waals surface area contributed by atoms with Crippen molar-refractivity contribution in [3.8, 4) is 5.75 Å². The molecular formula is C13H17ClF2N2O2. The first kappa shape index (κ1) is 16.7. The molecule has 1 heterocycles. The van der Waals surface area contributed by atoms with E-state index in [2.05, 4.69) is 10.1 Å². The molecule has 0 unspecified atom stereocenters. The van der Waals surface area contributed by atoms with Crippen LogP contribution in [-0.4, -0.2) is 43.6 Å². The molecule has 1 aliphatic heterocycles. The minimum absolute atomic E-state index is 0. The second-order valence-corrected chi connectivity index (χ2v) is 4.47. The lowest BCUT2D eigenvalue weighted by Gasteiger charge is -2.24. The first-order valence-corrected chi connectivity index (χ1v) is 6.10. The van der Waals surface area contributed by atoms with Gasteiger partial charge in [0, 0.05) is 25.2 Å². The third-order valence-corrected chi connectivity index (χ3v) is 3.21. The van der Waals surface area contributed by atoms with Gasteiger partial charge in [-0.05, 0) is 31.2 Å². The molecule has 4 nitrogen and oxygen atoms in total. The first-order valence-electron chi connectivity index (χ1n) is 6.10. The predicted octanol–water partition coefficient (Wildman–Crippen LogP) is 2.14. The average molecular weight is 307 g/mol. The summed E-state index contributed by atoms with van der Waals surface area (Å²) < 4.78 is 28.6. The SMILES string of the molecule is CN(C(=O)c1cccc(OC(F)F)c1)[C@@H]1CCNC1.Cl. The van der Waals surface area contributed by atoms with Crippen LogP contribution in [0.1, 0.15) is 16.8 Å². The van der Waals surface area contributed by atoms with Crippen molar-refractivity contribution < 1.29 is 18.3 Å².